The van der Waals surface area contributed by atoms with Gasteiger partial charge in [-0.15, -0.1) is 0 Å². The van der Waals surface area contributed by atoms with Crippen molar-refractivity contribution in [2.24, 2.45) is 0 Å². The maximum atomic E-state index is 12.4. The summed E-state index contributed by atoms with van der Waals surface area (Å²) < 4.78 is 5.25. The molecule has 2 aromatic rings. The predicted molar refractivity (Wildman–Crippen MR) is 102 cm³/mol. The third-order valence-electron chi connectivity index (χ3n) is 4.07. The molecule has 0 bridgehead atoms. The van der Waals surface area contributed by atoms with Gasteiger partial charge in [-0.2, -0.15) is 5.26 Å². The van der Waals surface area contributed by atoms with Crippen molar-refractivity contribution >= 4 is 23.6 Å². The summed E-state index contributed by atoms with van der Waals surface area (Å²) in [5, 5.41) is 20.9. The average molecular weight is 364 g/mol. The lowest BCUT2D eigenvalue weighted by molar-refractivity contribution is -0.144. The number of ether oxygens (including phenoxy) is 1. The van der Waals surface area contributed by atoms with Crippen molar-refractivity contribution in [2.45, 2.75) is 26.9 Å². The molecule has 0 heterocycles. The van der Waals surface area contributed by atoms with Crippen molar-refractivity contribution in [1.82, 2.24) is 0 Å². The molecule has 2 N–H and O–H groups in total. The number of carboxylic acids is 1. The number of carbonyl (C=O) groups is 2. The Morgan fingerprint density at radius 1 is 1.19 bits per heavy atom. The number of anilines is 1. The summed E-state index contributed by atoms with van der Waals surface area (Å²) in [5.74, 6) is -1.17. The number of hydrogen-bond donors (Lipinski definition) is 2. The van der Waals surface area contributed by atoms with Crippen molar-refractivity contribution < 1.29 is 19.4 Å². The highest BCUT2D eigenvalue weighted by Gasteiger charge is 2.13. The van der Waals surface area contributed by atoms with Crippen LogP contribution in [0.2, 0.25) is 0 Å². The number of aryl methyl sites for hydroxylation is 1. The molecule has 0 unspecified atom stereocenters. The Labute approximate surface area is 157 Å². The van der Waals surface area contributed by atoms with Crippen LogP contribution >= 0.6 is 0 Å². The van der Waals surface area contributed by atoms with Gasteiger partial charge in [-0.25, -0.2) is 4.79 Å². The van der Waals surface area contributed by atoms with Crippen LogP contribution in [0.15, 0.2) is 48.0 Å². The zero-order valence-electron chi connectivity index (χ0n) is 15.3. The number of rotatable bonds is 6. The van der Waals surface area contributed by atoms with E-state index in [2.05, 4.69) is 5.32 Å². The minimum absolute atomic E-state index is 0.0384. The van der Waals surface area contributed by atoms with Crippen LogP contribution in [0.1, 0.15) is 23.6 Å². The number of carbonyl (C=O) groups excluding carboxylic acids is 1. The van der Waals surface area contributed by atoms with Gasteiger partial charge in [0.15, 0.2) is 6.10 Å². The first-order chi connectivity index (χ1) is 12.8. The zero-order valence-corrected chi connectivity index (χ0v) is 15.3. The molecule has 2 rings (SSSR count). The molecule has 0 radical (unpaired) electrons. The smallest absolute Gasteiger partial charge is 0.344 e. The Kier molecular flexibility index (Phi) is 6.34. The minimum Gasteiger partial charge on any atom is -0.479 e. The van der Waals surface area contributed by atoms with Crippen molar-refractivity contribution in [3.05, 3.63) is 64.7 Å². The standard InChI is InChI=1S/C21H20N2O4/c1-13-5-4-6-19(14(13)2)23-20(24)17(12-22)11-16-7-9-18(10-8-16)27-15(3)21(25)26/h4-11,15H,1-3H3,(H,23,24)(H,25,26)/b17-11-/t15-/m0/s1. The van der Waals surface area contributed by atoms with Gasteiger partial charge in [0.25, 0.3) is 5.91 Å². The quantitative estimate of drug-likeness (QED) is 0.601. The highest BCUT2D eigenvalue weighted by molar-refractivity contribution is 6.10. The molecule has 138 valence electrons. The molecule has 27 heavy (non-hydrogen) atoms. The highest BCUT2D eigenvalue weighted by atomic mass is 16.5. The first-order valence-electron chi connectivity index (χ1n) is 8.30. The number of amides is 1. The number of aliphatic carboxylic acids is 1. The molecule has 1 atom stereocenters. The topological polar surface area (TPSA) is 99.4 Å². The summed E-state index contributed by atoms with van der Waals surface area (Å²) in [4.78, 5) is 23.2. The Hall–Kier alpha value is -3.59. The number of nitrogens with one attached hydrogen (secondary N) is 1. The predicted octanol–water partition coefficient (Wildman–Crippen LogP) is 3.70. The van der Waals surface area contributed by atoms with Crippen LogP contribution in [0.25, 0.3) is 6.08 Å². The van der Waals surface area contributed by atoms with Crippen molar-refractivity contribution in [1.29, 1.82) is 5.26 Å². The normalized spacial score (nSPS) is 12.0. The molecule has 0 aliphatic carbocycles. The fourth-order valence-corrected chi connectivity index (χ4v) is 2.29. The van der Waals surface area contributed by atoms with Gasteiger partial charge in [0.05, 0.1) is 0 Å². The summed E-state index contributed by atoms with van der Waals surface area (Å²) in [6, 6.07) is 13.9. The van der Waals surface area contributed by atoms with Gasteiger partial charge < -0.3 is 15.2 Å². The Morgan fingerprint density at radius 3 is 2.44 bits per heavy atom. The summed E-state index contributed by atoms with van der Waals surface area (Å²) in [6.45, 7) is 5.28. The van der Waals surface area contributed by atoms with E-state index in [1.165, 1.54) is 13.0 Å². The number of nitriles is 1. The second-order valence-electron chi connectivity index (χ2n) is 6.04. The largest absolute Gasteiger partial charge is 0.479 e. The summed E-state index contributed by atoms with van der Waals surface area (Å²) >= 11 is 0. The Bertz CT molecular complexity index is 924. The molecule has 2 aromatic carbocycles. The number of carboxylic acid groups (broad SMARTS) is 1. The van der Waals surface area contributed by atoms with E-state index in [9.17, 15) is 14.9 Å². The maximum absolute atomic E-state index is 12.4. The van der Waals surface area contributed by atoms with Gasteiger partial charge in [-0.3, -0.25) is 4.79 Å². The highest BCUT2D eigenvalue weighted by Crippen LogP contribution is 2.20. The maximum Gasteiger partial charge on any atom is 0.344 e. The second-order valence-corrected chi connectivity index (χ2v) is 6.04. The first kappa shape index (κ1) is 19.7. The molecule has 0 saturated heterocycles. The molecule has 1 amide bonds. The number of benzene rings is 2. The van der Waals surface area contributed by atoms with Crippen LogP contribution in [0.5, 0.6) is 5.75 Å². The molecule has 0 saturated carbocycles. The SMILES string of the molecule is Cc1cccc(NC(=O)/C(C#N)=C\c2ccc(O[C@@H](C)C(=O)O)cc2)c1C. The minimum atomic E-state index is -1.06. The van der Waals surface area contributed by atoms with Crippen molar-refractivity contribution in [3.8, 4) is 11.8 Å². The van der Waals surface area contributed by atoms with Crippen LogP contribution in [0, 0.1) is 25.2 Å². The van der Waals surface area contributed by atoms with Gasteiger partial charge in [0.2, 0.25) is 0 Å². The van der Waals surface area contributed by atoms with Crippen LogP contribution in [-0.2, 0) is 9.59 Å². The molecule has 0 fully saturated rings. The van der Waals surface area contributed by atoms with Gasteiger partial charge >= 0.3 is 5.97 Å². The molecule has 6 heteroatoms. The van der Waals surface area contributed by atoms with E-state index >= 15 is 0 Å². The number of nitrogens with zero attached hydrogens (tertiary/aromatic N) is 1. The lowest BCUT2D eigenvalue weighted by Gasteiger charge is -2.11. The van der Waals surface area contributed by atoms with E-state index in [1.807, 2.05) is 32.0 Å². The lowest BCUT2D eigenvalue weighted by atomic mass is 10.1. The Balaban J connectivity index is 2.15. The third kappa shape index (κ3) is 5.19. The number of hydrogen-bond acceptors (Lipinski definition) is 4. The van der Waals surface area contributed by atoms with Crippen LogP contribution in [-0.4, -0.2) is 23.1 Å². The van der Waals surface area contributed by atoms with Crippen LogP contribution in [0.4, 0.5) is 5.69 Å². The fourth-order valence-electron chi connectivity index (χ4n) is 2.29. The summed E-state index contributed by atoms with van der Waals surface area (Å²) in [7, 11) is 0. The third-order valence-corrected chi connectivity index (χ3v) is 4.07. The molecular weight excluding hydrogens is 344 g/mol. The van der Waals surface area contributed by atoms with Crippen LogP contribution in [0.3, 0.4) is 0 Å². The van der Waals surface area contributed by atoms with E-state index in [1.54, 1.807) is 30.3 Å². The van der Waals surface area contributed by atoms with E-state index in [4.69, 9.17) is 9.84 Å². The monoisotopic (exact) mass is 364 g/mol. The molecule has 6 nitrogen and oxygen atoms in total. The average Bonchev–Trinajstić information content (AvgIpc) is 2.64. The second kappa shape index (κ2) is 8.68. The summed E-state index contributed by atoms with van der Waals surface area (Å²) in [6.07, 6.45) is 0.495. The first-order valence-corrected chi connectivity index (χ1v) is 8.30. The van der Waals surface area contributed by atoms with Gasteiger partial charge in [-0.1, -0.05) is 24.3 Å². The zero-order chi connectivity index (χ0) is 20.0. The molecule has 0 aliphatic rings. The summed E-state index contributed by atoms with van der Waals surface area (Å²) in [5.41, 5.74) is 3.23. The van der Waals surface area contributed by atoms with E-state index in [0.29, 0.717) is 17.0 Å². The lowest BCUT2D eigenvalue weighted by Crippen LogP contribution is -2.22. The van der Waals surface area contributed by atoms with Crippen LogP contribution < -0.4 is 10.1 Å². The van der Waals surface area contributed by atoms with Crippen molar-refractivity contribution in [3.63, 3.8) is 0 Å². The fraction of sp³-hybridized carbons (Fsp3) is 0.190. The Morgan fingerprint density at radius 2 is 1.85 bits per heavy atom. The van der Waals surface area contributed by atoms with Gasteiger partial charge in [-0.05, 0) is 61.7 Å². The molecule has 0 spiro atoms. The van der Waals surface area contributed by atoms with E-state index in [0.717, 1.165) is 11.1 Å². The van der Waals surface area contributed by atoms with E-state index < -0.39 is 18.0 Å². The van der Waals surface area contributed by atoms with Crippen molar-refractivity contribution in [2.75, 3.05) is 5.32 Å². The van der Waals surface area contributed by atoms with Gasteiger partial charge in [0, 0.05) is 5.69 Å². The molecule has 0 aliphatic heterocycles. The molecule has 0 aromatic heterocycles. The molecular formula is C21H20N2O4. The van der Waals surface area contributed by atoms with E-state index in [-0.39, 0.29) is 5.57 Å². The van der Waals surface area contributed by atoms with Gasteiger partial charge in [0.1, 0.15) is 17.4 Å².